The molecule has 0 radical (unpaired) electrons. The minimum atomic E-state index is -2.22. The lowest BCUT2D eigenvalue weighted by Gasteiger charge is -2.22. The number of carbonyl (C=O) groups is 2. The third-order valence-corrected chi connectivity index (χ3v) is 3.37. The molecule has 1 atom stereocenters. The van der Waals surface area contributed by atoms with E-state index in [2.05, 4.69) is 0 Å². The number of nitro groups is 1. The summed E-state index contributed by atoms with van der Waals surface area (Å²) in [6.45, 7) is -0.237. The van der Waals surface area contributed by atoms with Crippen molar-refractivity contribution < 1.29 is 24.0 Å². The van der Waals surface area contributed by atoms with Crippen LogP contribution in [-0.2, 0) is 31.3 Å². The second kappa shape index (κ2) is 7.70. The first-order valence-corrected chi connectivity index (χ1v) is 7.02. The second-order valence-electron chi connectivity index (χ2n) is 4.87. The monoisotopic (exact) mass is 340 g/mol. The molecule has 0 amide bonds. The summed E-state index contributed by atoms with van der Waals surface area (Å²) in [5.74, 6) is -1.06. The van der Waals surface area contributed by atoms with Crippen LogP contribution in [0.1, 0.15) is 11.1 Å². The van der Waals surface area contributed by atoms with Crippen LogP contribution in [0.15, 0.2) is 54.6 Å². The SMILES string of the molecule is N#CC(OC=O)(C(=O)OCc1ccc([N+](=O)[O-])cc1)c1ccccc1. The summed E-state index contributed by atoms with van der Waals surface area (Å²) in [6.07, 6.45) is 0. The summed E-state index contributed by atoms with van der Waals surface area (Å²) in [5, 5.41) is 20.0. The van der Waals surface area contributed by atoms with Crippen molar-refractivity contribution in [2.24, 2.45) is 0 Å². The minimum absolute atomic E-state index is 0.00333. The molecule has 0 N–H and O–H groups in total. The lowest BCUT2D eigenvalue weighted by molar-refractivity contribution is -0.384. The molecule has 2 aromatic rings. The number of hydrogen-bond donors (Lipinski definition) is 0. The molecule has 0 spiro atoms. The Bertz CT molecular complexity index is 813. The van der Waals surface area contributed by atoms with E-state index in [0.29, 0.717) is 5.56 Å². The molecule has 0 heterocycles. The van der Waals surface area contributed by atoms with Crippen molar-refractivity contribution in [3.8, 4) is 6.07 Å². The number of ether oxygens (including phenoxy) is 2. The third kappa shape index (κ3) is 3.79. The first kappa shape index (κ1) is 17.6. The molecule has 0 aliphatic carbocycles. The van der Waals surface area contributed by atoms with Gasteiger partial charge in [0.2, 0.25) is 0 Å². The highest BCUT2D eigenvalue weighted by atomic mass is 16.6. The van der Waals surface area contributed by atoms with E-state index in [1.54, 1.807) is 24.3 Å². The van der Waals surface area contributed by atoms with Gasteiger partial charge in [-0.3, -0.25) is 14.9 Å². The van der Waals surface area contributed by atoms with Crippen molar-refractivity contribution in [3.05, 3.63) is 75.8 Å². The van der Waals surface area contributed by atoms with Crippen LogP contribution >= 0.6 is 0 Å². The molecule has 8 nitrogen and oxygen atoms in total. The van der Waals surface area contributed by atoms with Crippen molar-refractivity contribution in [2.45, 2.75) is 12.2 Å². The maximum absolute atomic E-state index is 12.4. The first-order valence-electron chi connectivity index (χ1n) is 7.02. The Labute approximate surface area is 142 Å². The fraction of sp³-hybridized carbons (Fsp3) is 0.118. The smallest absolute Gasteiger partial charge is 0.371 e. The Balaban J connectivity index is 2.19. The van der Waals surface area contributed by atoms with Crippen LogP contribution in [0.3, 0.4) is 0 Å². The zero-order chi connectivity index (χ0) is 18.3. The molecule has 0 aromatic heterocycles. The molecule has 0 aliphatic heterocycles. The van der Waals surface area contributed by atoms with Gasteiger partial charge in [0, 0.05) is 17.7 Å². The Morgan fingerprint density at radius 3 is 2.36 bits per heavy atom. The maximum atomic E-state index is 12.4. The molecule has 0 aliphatic rings. The second-order valence-corrected chi connectivity index (χ2v) is 4.87. The summed E-state index contributed by atoms with van der Waals surface area (Å²) in [4.78, 5) is 33.2. The van der Waals surface area contributed by atoms with E-state index in [-0.39, 0.29) is 24.3 Å². The fourth-order valence-electron chi connectivity index (χ4n) is 2.08. The average Bonchev–Trinajstić information content (AvgIpc) is 2.65. The van der Waals surface area contributed by atoms with Crippen molar-refractivity contribution in [1.82, 2.24) is 0 Å². The molecular formula is C17H12N2O6. The van der Waals surface area contributed by atoms with E-state index in [4.69, 9.17) is 9.47 Å². The third-order valence-electron chi connectivity index (χ3n) is 3.37. The summed E-state index contributed by atoms with van der Waals surface area (Å²) in [6, 6.07) is 14.8. The van der Waals surface area contributed by atoms with Gasteiger partial charge in [-0.15, -0.1) is 0 Å². The number of nitro benzene ring substituents is 1. The van der Waals surface area contributed by atoms with Crippen LogP contribution in [0.4, 0.5) is 5.69 Å². The molecular weight excluding hydrogens is 328 g/mol. The van der Waals surface area contributed by atoms with Crippen LogP contribution in [0.2, 0.25) is 0 Å². The normalized spacial score (nSPS) is 12.3. The zero-order valence-electron chi connectivity index (χ0n) is 12.8. The summed E-state index contributed by atoms with van der Waals surface area (Å²) in [5.41, 5.74) is -1.69. The topological polar surface area (TPSA) is 120 Å². The Morgan fingerprint density at radius 2 is 1.84 bits per heavy atom. The molecule has 126 valence electrons. The van der Waals surface area contributed by atoms with Gasteiger partial charge in [-0.25, -0.2) is 4.79 Å². The Hall–Kier alpha value is -3.73. The van der Waals surface area contributed by atoms with Gasteiger partial charge in [-0.2, -0.15) is 5.26 Å². The number of non-ortho nitro benzene ring substituents is 1. The van der Waals surface area contributed by atoms with Gasteiger partial charge in [0.05, 0.1) is 4.92 Å². The van der Waals surface area contributed by atoms with Gasteiger partial charge in [0.15, 0.2) is 0 Å². The summed E-state index contributed by atoms with van der Waals surface area (Å²) in [7, 11) is 0. The van der Waals surface area contributed by atoms with Crippen LogP contribution in [0.25, 0.3) is 0 Å². The van der Waals surface area contributed by atoms with E-state index < -0.39 is 16.5 Å². The van der Waals surface area contributed by atoms with Crippen LogP contribution in [0, 0.1) is 21.4 Å². The maximum Gasteiger partial charge on any atom is 0.371 e. The number of rotatable bonds is 7. The van der Waals surface area contributed by atoms with Crippen molar-refractivity contribution in [3.63, 3.8) is 0 Å². The quantitative estimate of drug-likeness (QED) is 0.328. The van der Waals surface area contributed by atoms with Crippen LogP contribution in [-0.4, -0.2) is 17.4 Å². The van der Waals surface area contributed by atoms with Gasteiger partial charge in [-0.1, -0.05) is 30.3 Å². The molecule has 25 heavy (non-hydrogen) atoms. The lowest BCUT2D eigenvalue weighted by Crippen LogP contribution is -2.38. The van der Waals surface area contributed by atoms with Crippen LogP contribution in [0.5, 0.6) is 0 Å². The predicted molar refractivity (Wildman–Crippen MR) is 83.8 cm³/mol. The molecule has 2 rings (SSSR count). The number of benzene rings is 2. The summed E-state index contributed by atoms with van der Waals surface area (Å²) >= 11 is 0. The summed E-state index contributed by atoms with van der Waals surface area (Å²) < 4.78 is 9.84. The Kier molecular flexibility index (Phi) is 5.43. The molecule has 2 aromatic carbocycles. The van der Waals surface area contributed by atoms with Gasteiger partial charge in [-0.05, 0) is 17.7 Å². The van der Waals surface area contributed by atoms with E-state index >= 15 is 0 Å². The van der Waals surface area contributed by atoms with E-state index in [9.17, 15) is 25.0 Å². The Morgan fingerprint density at radius 1 is 1.20 bits per heavy atom. The number of esters is 1. The molecule has 0 saturated carbocycles. The van der Waals surface area contributed by atoms with Gasteiger partial charge >= 0.3 is 11.6 Å². The molecule has 0 saturated heterocycles. The van der Waals surface area contributed by atoms with Gasteiger partial charge in [0.25, 0.3) is 12.2 Å². The predicted octanol–water partition coefficient (Wildman–Crippen LogP) is 2.23. The lowest BCUT2D eigenvalue weighted by atomic mass is 9.95. The number of carbonyl (C=O) groups excluding carboxylic acids is 2. The molecule has 0 fully saturated rings. The molecule has 1 unspecified atom stereocenters. The van der Waals surface area contributed by atoms with E-state index in [1.807, 2.05) is 0 Å². The number of hydrogen-bond acceptors (Lipinski definition) is 7. The highest BCUT2D eigenvalue weighted by Crippen LogP contribution is 2.27. The van der Waals surface area contributed by atoms with Gasteiger partial charge < -0.3 is 9.47 Å². The van der Waals surface area contributed by atoms with E-state index in [1.165, 1.54) is 36.4 Å². The largest absolute Gasteiger partial charge is 0.457 e. The van der Waals surface area contributed by atoms with Crippen molar-refractivity contribution in [2.75, 3.05) is 0 Å². The van der Waals surface area contributed by atoms with E-state index in [0.717, 1.165) is 0 Å². The highest BCUT2D eigenvalue weighted by molar-refractivity contribution is 5.86. The van der Waals surface area contributed by atoms with Gasteiger partial charge in [0.1, 0.15) is 12.7 Å². The zero-order valence-corrected chi connectivity index (χ0v) is 12.8. The fourth-order valence-corrected chi connectivity index (χ4v) is 2.08. The average molecular weight is 340 g/mol. The molecule has 8 heteroatoms. The standard InChI is InChI=1S/C17H12N2O6/c18-11-17(25-12-20,14-4-2-1-3-5-14)16(21)24-10-13-6-8-15(9-7-13)19(22)23/h1-9,12H,10H2. The van der Waals surface area contributed by atoms with Crippen molar-refractivity contribution >= 4 is 18.1 Å². The first-order chi connectivity index (χ1) is 12.0. The molecule has 0 bridgehead atoms. The van der Waals surface area contributed by atoms with Crippen LogP contribution < -0.4 is 0 Å². The number of nitriles is 1. The minimum Gasteiger partial charge on any atom is -0.457 e. The highest BCUT2D eigenvalue weighted by Gasteiger charge is 2.45. The van der Waals surface area contributed by atoms with Crippen molar-refractivity contribution in [1.29, 1.82) is 5.26 Å². The number of nitrogens with zero attached hydrogens (tertiary/aromatic N) is 2.